The van der Waals surface area contributed by atoms with Gasteiger partial charge < -0.3 is 15.6 Å². The Kier molecular flexibility index (Phi) is 1.40. The summed E-state index contributed by atoms with van der Waals surface area (Å²) in [6, 6.07) is 3.18. The summed E-state index contributed by atoms with van der Waals surface area (Å²) in [5.41, 5.74) is 7.43. The number of carboxylic acids is 1. The lowest BCUT2D eigenvalue weighted by Crippen LogP contribution is -2.12. The Hall–Kier alpha value is -1.71. The summed E-state index contributed by atoms with van der Waals surface area (Å²) in [4.78, 5) is 11.1. The molecule has 1 aliphatic carbocycles. The van der Waals surface area contributed by atoms with Gasteiger partial charge in [0.15, 0.2) is 0 Å². The van der Waals surface area contributed by atoms with E-state index in [2.05, 4.69) is 0 Å². The number of carboxylic acid groups (broad SMARTS) is 1. The maximum absolute atomic E-state index is 11.1. The molecule has 4 heteroatoms. The highest BCUT2D eigenvalue weighted by atomic mass is 16.5. The van der Waals surface area contributed by atoms with Gasteiger partial charge in [0.25, 0.3) is 0 Å². The van der Waals surface area contributed by atoms with Crippen molar-refractivity contribution in [1.82, 2.24) is 0 Å². The smallest absolute Gasteiger partial charge is 0.336 e. The summed E-state index contributed by atoms with van der Waals surface area (Å²) in [6.07, 6.45) is 2.01. The summed E-state index contributed by atoms with van der Waals surface area (Å²) in [7, 11) is 0. The molecule has 1 aromatic rings. The van der Waals surface area contributed by atoms with E-state index in [-0.39, 0.29) is 5.41 Å². The van der Waals surface area contributed by atoms with Crippen molar-refractivity contribution in [1.29, 1.82) is 0 Å². The SMILES string of the molecule is Nc1ccc(C(=O)O)c2c1OCC21CC1. The molecule has 3 N–H and O–H groups in total. The molecular weight excluding hydrogens is 194 g/mol. The van der Waals surface area contributed by atoms with Crippen molar-refractivity contribution in [2.24, 2.45) is 0 Å². The fraction of sp³-hybridized carbons (Fsp3) is 0.364. The highest BCUT2D eigenvalue weighted by molar-refractivity contribution is 5.93. The number of ether oxygens (including phenoxy) is 1. The molecule has 78 valence electrons. The Morgan fingerprint density at radius 3 is 2.80 bits per heavy atom. The molecule has 1 saturated carbocycles. The van der Waals surface area contributed by atoms with Gasteiger partial charge in [-0.1, -0.05) is 0 Å². The molecule has 1 spiro atoms. The van der Waals surface area contributed by atoms with Crippen LogP contribution in [-0.4, -0.2) is 17.7 Å². The predicted octanol–water partition coefficient (Wildman–Crippen LogP) is 1.39. The second-order valence-electron chi connectivity index (χ2n) is 4.28. The van der Waals surface area contributed by atoms with Crippen LogP contribution in [0.2, 0.25) is 0 Å². The van der Waals surface area contributed by atoms with Crippen molar-refractivity contribution < 1.29 is 14.6 Å². The number of rotatable bonds is 1. The third-order valence-corrected chi connectivity index (χ3v) is 3.30. The molecule has 0 amide bonds. The van der Waals surface area contributed by atoms with Crippen LogP contribution in [0.5, 0.6) is 5.75 Å². The first-order chi connectivity index (χ1) is 7.14. The molecule has 1 aliphatic heterocycles. The zero-order valence-electron chi connectivity index (χ0n) is 8.12. The van der Waals surface area contributed by atoms with Crippen molar-refractivity contribution in [3.63, 3.8) is 0 Å². The van der Waals surface area contributed by atoms with E-state index in [0.29, 0.717) is 23.6 Å². The molecule has 0 atom stereocenters. The van der Waals surface area contributed by atoms with Crippen LogP contribution in [-0.2, 0) is 5.41 Å². The summed E-state index contributed by atoms with van der Waals surface area (Å²) in [6.45, 7) is 0.580. The third-order valence-electron chi connectivity index (χ3n) is 3.30. The second kappa shape index (κ2) is 2.45. The van der Waals surface area contributed by atoms with Crippen LogP contribution in [0.3, 0.4) is 0 Å². The lowest BCUT2D eigenvalue weighted by molar-refractivity contribution is 0.0695. The number of anilines is 1. The van der Waals surface area contributed by atoms with Crippen molar-refractivity contribution in [3.05, 3.63) is 23.3 Å². The zero-order chi connectivity index (χ0) is 10.6. The Balaban J connectivity index is 2.28. The van der Waals surface area contributed by atoms with Gasteiger partial charge in [-0.3, -0.25) is 0 Å². The molecule has 0 saturated heterocycles. The van der Waals surface area contributed by atoms with Crippen molar-refractivity contribution in [2.45, 2.75) is 18.3 Å². The molecule has 0 bridgehead atoms. The van der Waals surface area contributed by atoms with E-state index in [0.717, 1.165) is 18.4 Å². The topological polar surface area (TPSA) is 72.6 Å². The molecular formula is C11H11NO3. The maximum atomic E-state index is 11.1. The van der Waals surface area contributed by atoms with Gasteiger partial charge in [0.1, 0.15) is 5.75 Å². The number of aromatic carboxylic acids is 1. The Morgan fingerprint density at radius 2 is 2.20 bits per heavy atom. The van der Waals surface area contributed by atoms with E-state index in [4.69, 9.17) is 15.6 Å². The molecule has 0 aromatic heterocycles. The average molecular weight is 205 g/mol. The first-order valence-corrected chi connectivity index (χ1v) is 4.93. The van der Waals surface area contributed by atoms with E-state index in [9.17, 15) is 4.79 Å². The average Bonchev–Trinajstić information content (AvgIpc) is 2.85. The number of fused-ring (bicyclic) bond motifs is 2. The minimum Gasteiger partial charge on any atom is -0.490 e. The molecule has 1 aromatic carbocycles. The normalized spacial score (nSPS) is 19.7. The largest absolute Gasteiger partial charge is 0.490 e. The summed E-state index contributed by atoms with van der Waals surface area (Å²) in [5, 5.41) is 9.10. The van der Waals surface area contributed by atoms with Gasteiger partial charge in [-0.2, -0.15) is 0 Å². The number of nitrogen functional groups attached to an aromatic ring is 1. The van der Waals surface area contributed by atoms with Gasteiger partial charge >= 0.3 is 5.97 Å². The van der Waals surface area contributed by atoms with Crippen LogP contribution in [0.1, 0.15) is 28.8 Å². The summed E-state index contributed by atoms with van der Waals surface area (Å²) >= 11 is 0. The third kappa shape index (κ3) is 0.988. The molecule has 3 rings (SSSR count). The lowest BCUT2D eigenvalue weighted by Gasteiger charge is -2.09. The number of benzene rings is 1. The Labute approximate surface area is 86.7 Å². The van der Waals surface area contributed by atoms with Gasteiger partial charge in [0.05, 0.1) is 17.9 Å². The number of hydrogen-bond acceptors (Lipinski definition) is 3. The van der Waals surface area contributed by atoms with Crippen LogP contribution < -0.4 is 10.5 Å². The first kappa shape index (κ1) is 8.59. The van der Waals surface area contributed by atoms with Gasteiger partial charge in [0.2, 0.25) is 0 Å². The number of carbonyl (C=O) groups is 1. The van der Waals surface area contributed by atoms with Crippen LogP contribution in [0.15, 0.2) is 12.1 Å². The summed E-state index contributed by atoms with van der Waals surface area (Å²) in [5.74, 6) is -0.310. The molecule has 2 aliphatic rings. The van der Waals surface area contributed by atoms with Crippen LogP contribution in [0.4, 0.5) is 5.69 Å². The van der Waals surface area contributed by atoms with Crippen molar-refractivity contribution in [2.75, 3.05) is 12.3 Å². The first-order valence-electron chi connectivity index (χ1n) is 4.93. The molecule has 4 nitrogen and oxygen atoms in total. The highest BCUT2D eigenvalue weighted by Crippen LogP contribution is 2.57. The second-order valence-corrected chi connectivity index (χ2v) is 4.28. The molecule has 15 heavy (non-hydrogen) atoms. The molecule has 1 fully saturated rings. The quantitative estimate of drug-likeness (QED) is 0.679. The highest BCUT2D eigenvalue weighted by Gasteiger charge is 2.53. The van der Waals surface area contributed by atoms with Crippen LogP contribution in [0, 0.1) is 0 Å². The van der Waals surface area contributed by atoms with E-state index < -0.39 is 5.97 Å². The lowest BCUT2D eigenvalue weighted by atomic mass is 9.92. The minimum absolute atomic E-state index is 0.0432. The van der Waals surface area contributed by atoms with Crippen LogP contribution >= 0.6 is 0 Å². The van der Waals surface area contributed by atoms with Crippen LogP contribution in [0.25, 0.3) is 0 Å². The number of nitrogens with two attached hydrogens (primary N) is 1. The molecule has 0 unspecified atom stereocenters. The molecule has 1 heterocycles. The predicted molar refractivity (Wildman–Crippen MR) is 54.2 cm³/mol. The van der Waals surface area contributed by atoms with Gasteiger partial charge in [-0.05, 0) is 25.0 Å². The van der Waals surface area contributed by atoms with E-state index in [1.54, 1.807) is 12.1 Å². The fourth-order valence-corrected chi connectivity index (χ4v) is 2.29. The molecule has 0 radical (unpaired) electrons. The van der Waals surface area contributed by atoms with Crippen molar-refractivity contribution in [3.8, 4) is 5.75 Å². The Bertz CT molecular complexity index is 463. The Morgan fingerprint density at radius 1 is 1.47 bits per heavy atom. The van der Waals surface area contributed by atoms with E-state index in [1.165, 1.54) is 0 Å². The fourth-order valence-electron chi connectivity index (χ4n) is 2.29. The van der Waals surface area contributed by atoms with Gasteiger partial charge in [-0.25, -0.2) is 4.79 Å². The standard InChI is InChI=1S/C11H11NO3/c12-7-2-1-6(10(13)14)8-9(7)15-5-11(8)3-4-11/h1-2H,3-5,12H2,(H,13,14). The zero-order valence-corrected chi connectivity index (χ0v) is 8.12. The van der Waals surface area contributed by atoms with Gasteiger partial charge in [-0.15, -0.1) is 0 Å². The van der Waals surface area contributed by atoms with Gasteiger partial charge in [0, 0.05) is 11.0 Å². The maximum Gasteiger partial charge on any atom is 0.336 e. The minimum atomic E-state index is -0.900. The van der Waals surface area contributed by atoms with E-state index in [1.807, 2.05) is 0 Å². The summed E-state index contributed by atoms with van der Waals surface area (Å²) < 4.78 is 5.51. The van der Waals surface area contributed by atoms with Crippen molar-refractivity contribution >= 4 is 11.7 Å². The van der Waals surface area contributed by atoms with E-state index >= 15 is 0 Å². The monoisotopic (exact) mass is 205 g/mol. The number of hydrogen-bond donors (Lipinski definition) is 2.